The van der Waals surface area contributed by atoms with E-state index in [0.29, 0.717) is 24.6 Å². The third kappa shape index (κ3) is 3.12. The molecule has 0 unspecified atom stereocenters. The zero-order chi connectivity index (χ0) is 14.4. The van der Waals surface area contributed by atoms with Crippen LogP contribution in [0.4, 0.5) is 5.82 Å². The Balaban J connectivity index is 2.10. The van der Waals surface area contributed by atoms with Crippen LogP contribution in [0.2, 0.25) is 0 Å². The number of hydrogen-bond donors (Lipinski definition) is 3. The van der Waals surface area contributed by atoms with E-state index < -0.39 is 0 Å². The minimum absolute atomic E-state index is 0.0555. The first-order valence-corrected chi connectivity index (χ1v) is 6.28. The van der Waals surface area contributed by atoms with Crippen molar-refractivity contribution in [2.45, 2.75) is 13.1 Å². The Labute approximate surface area is 116 Å². The topological polar surface area (TPSA) is 92.1 Å². The molecular formula is C13H17N5O2. The highest BCUT2D eigenvalue weighted by molar-refractivity contribution is 5.97. The number of carbonyl (C=O) groups is 1. The summed E-state index contributed by atoms with van der Waals surface area (Å²) < 4.78 is 1.61. The predicted molar refractivity (Wildman–Crippen MR) is 74.3 cm³/mol. The van der Waals surface area contributed by atoms with Gasteiger partial charge in [0.25, 0.3) is 5.91 Å². The largest absolute Gasteiger partial charge is 0.395 e. The van der Waals surface area contributed by atoms with Crippen LogP contribution in [0.5, 0.6) is 0 Å². The molecule has 0 aliphatic heterocycles. The van der Waals surface area contributed by atoms with E-state index in [1.165, 1.54) is 6.33 Å². The van der Waals surface area contributed by atoms with E-state index in [1.54, 1.807) is 17.8 Å². The van der Waals surface area contributed by atoms with Crippen LogP contribution in [0, 0.1) is 0 Å². The summed E-state index contributed by atoms with van der Waals surface area (Å²) >= 11 is 0. The molecule has 0 saturated heterocycles. The molecule has 106 valence electrons. The van der Waals surface area contributed by atoms with Crippen molar-refractivity contribution in [3.05, 3.63) is 42.1 Å². The van der Waals surface area contributed by atoms with Crippen molar-refractivity contribution >= 4 is 11.7 Å². The van der Waals surface area contributed by atoms with Crippen LogP contribution in [0.1, 0.15) is 16.2 Å². The highest BCUT2D eigenvalue weighted by Gasteiger charge is 2.17. The maximum atomic E-state index is 12.2. The van der Waals surface area contributed by atoms with E-state index in [9.17, 15) is 4.79 Å². The van der Waals surface area contributed by atoms with E-state index in [4.69, 9.17) is 5.11 Å². The van der Waals surface area contributed by atoms with Gasteiger partial charge < -0.3 is 20.3 Å². The highest BCUT2D eigenvalue weighted by Crippen LogP contribution is 2.12. The van der Waals surface area contributed by atoms with Crippen molar-refractivity contribution in [1.82, 2.24) is 19.9 Å². The molecule has 0 saturated carbocycles. The average molecular weight is 275 g/mol. The lowest BCUT2D eigenvalue weighted by Crippen LogP contribution is -2.27. The molecule has 2 rings (SSSR count). The van der Waals surface area contributed by atoms with Crippen molar-refractivity contribution in [3.8, 4) is 0 Å². The summed E-state index contributed by atoms with van der Waals surface area (Å²) in [6.07, 6.45) is 3.20. The highest BCUT2D eigenvalue weighted by atomic mass is 16.3. The third-order valence-electron chi connectivity index (χ3n) is 2.79. The number of nitrogens with one attached hydrogen (secondary N) is 2. The molecule has 0 bridgehead atoms. The fraction of sp³-hybridized carbons (Fsp3) is 0.308. The van der Waals surface area contributed by atoms with Crippen LogP contribution in [-0.2, 0) is 13.1 Å². The monoisotopic (exact) mass is 275 g/mol. The van der Waals surface area contributed by atoms with Gasteiger partial charge in [-0.25, -0.2) is 4.98 Å². The molecule has 2 heterocycles. The molecule has 0 spiro atoms. The summed E-state index contributed by atoms with van der Waals surface area (Å²) in [5.74, 6) is 0.225. The fourth-order valence-electron chi connectivity index (χ4n) is 1.84. The predicted octanol–water partition coefficient (Wildman–Crippen LogP) is 0.242. The standard InChI is InChI=1S/C13H17N5O2/c1-14-12-11(18(6-7-19)9-17-12)13(20)16-8-10-4-2-3-5-15-10/h2-5,9,14,19H,6-8H2,1H3,(H,16,20). The number of pyridine rings is 1. The molecule has 20 heavy (non-hydrogen) atoms. The zero-order valence-electron chi connectivity index (χ0n) is 11.2. The maximum Gasteiger partial charge on any atom is 0.272 e. The lowest BCUT2D eigenvalue weighted by Gasteiger charge is -2.09. The van der Waals surface area contributed by atoms with E-state index in [2.05, 4.69) is 20.6 Å². The number of rotatable bonds is 6. The molecule has 0 radical (unpaired) electrons. The van der Waals surface area contributed by atoms with E-state index >= 15 is 0 Å². The zero-order valence-corrected chi connectivity index (χ0v) is 11.2. The summed E-state index contributed by atoms with van der Waals surface area (Å²) in [5.41, 5.74) is 1.18. The first-order chi connectivity index (χ1) is 9.76. The number of aliphatic hydroxyl groups excluding tert-OH is 1. The number of imidazole rings is 1. The van der Waals surface area contributed by atoms with E-state index in [0.717, 1.165) is 5.69 Å². The molecule has 3 N–H and O–H groups in total. The van der Waals surface area contributed by atoms with Crippen molar-refractivity contribution in [3.63, 3.8) is 0 Å². The van der Waals surface area contributed by atoms with E-state index in [1.807, 2.05) is 18.2 Å². The van der Waals surface area contributed by atoms with Gasteiger partial charge >= 0.3 is 0 Å². The Bertz CT molecular complexity index is 567. The van der Waals surface area contributed by atoms with Crippen LogP contribution in [-0.4, -0.2) is 39.2 Å². The lowest BCUT2D eigenvalue weighted by atomic mass is 10.3. The summed E-state index contributed by atoms with van der Waals surface area (Å²) in [4.78, 5) is 20.5. The van der Waals surface area contributed by atoms with Crippen LogP contribution >= 0.6 is 0 Å². The number of carbonyl (C=O) groups excluding carboxylic acids is 1. The van der Waals surface area contributed by atoms with Crippen LogP contribution in [0.3, 0.4) is 0 Å². The van der Waals surface area contributed by atoms with Crippen molar-refractivity contribution < 1.29 is 9.90 Å². The Morgan fingerprint density at radius 2 is 2.25 bits per heavy atom. The van der Waals surface area contributed by atoms with Gasteiger partial charge in [0, 0.05) is 19.8 Å². The summed E-state index contributed by atoms with van der Waals surface area (Å²) in [5, 5.41) is 14.7. The fourth-order valence-corrected chi connectivity index (χ4v) is 1.84. The van der Waals surface area contributed by atoms with Gasteiger partial charge in [-0.15, -0.1) is 0 Å². The number of anilines is 1. The van der Waals surface area contributed by atoms with Crippen molar-refractivity contribution in [2.75, 3.05) is 19.0 Å². The minimum Gasteiger partial charge on any atom is -0.395 e. The number of aliphatic hydroxyl groups is 1. The molecule has 0 aromatic carbocycles. The molecule has 0 atom stereocenters. The Kier molecular flexibility index (Phi) is 4.67. The molecule has 0 aliphatic carbocycles. The van der Waals surface area contributed by atoms with Gasteiger partial charge in [-0.3, -0.25) is 9.78 Å². The second-order valence-corrected chi connectivity index (χ2v) is 4.11. The Morgan fingerprint density at radius 3 is 2.90 bits per heavy atom. The minimum atomic E-state index is -0.258. The second kappa shape index (κ2) is 6.67. The normalized spacial score (nSPS) is 10.3. The first kappa shape index (κ1) is 14.0. The average Bonchev–Trinajstić information content (AvgIpc) is 2.89. The molecule has 0 fully saturated rings. The van der Waals surface area contributed by atoms with Crippen LogP contribution in [0.25, 0.3) is 0 Å². The van der Waals surface area contributed by atoms with E-state index in [-0.39, 0.29) is 12.5 Å². The van der Waals surface area contributed by atoms with Gasteiger partial charge in [-0.1, -0.05) is 6.07 Å². The van der Waals surface area contributed by atoms with Gasteiger partial charge in [0.05, 0.1) is 25.2 Å². The molecule has 0 aliphatic rings. The summed E-state index contributed by atoms with van der Waals surface area (Å²) in [7, 11) is 1.70. The second-order valence-electron chi connectivity index (χ2n) is 4.11. The summed E-state index contributed by atoms with van der Waals surface area (Å²) in [6.45, 7) is 0.605. The number of nitrogens with zero attached hydrogens (tertiary/aromatic N) is 3. The van der Waals surface area contributed by atoms with Gasteiger partial charge in [-0.05, 0) is 12.1 Å². The molecular weight excluding hydrogens is 258 g/mol. The van der Waals surface area contributed by atoms with Crippen LogP contribution < -0.4 is 10.6 Å². The molecule has 2 aromatic rings. The maximum absolute atomic E-state index is 12.2. The third-order valence-corrected chi connectivity index (χ3v) is 2.79. The number of aromatic nitrogens is 3. The van der Waals surface area contributed by atoms with Gasteiger partial charge in [0.15, 0.2) is 11.5 Å². The quantitative estimate of drug-likeness (QED) is 0.702. The molecule has 2 aromatic heterocycles. The van der Waals surface area contributed by atoms with Gasteiger partial charge in [0.2, 0.25) is 0 Å². The first-order valence-electron chi connectivity index (χ1n) is 6.28. The Morgan fingerprint density at radius 1 is 1.40 bits per heavy atom. The SMILES string of the molecule is CNc1ncn(CCO)c1C(=O)NCc1ccccn1. The molecule has 1 amide bonds. The van der Waals surface area contributed by atoms with Gasteiger partial charge in [-0.2, -0.15) is 0 Å². The van der Waals surface area contributed by atoms with Crippen LogP contribution in [0.15, 0.2) is 30.7 Å². The Hall–Kier alpha value is -2.41. The van der Waals surface area contributed by atoms with Gasteiger partial charge in [0.1, 0.15) is 0 Å². The molecule has 7 nitrogen and oxygen atoms in total. The summed E-state index contributed by atoms with van der Waals surface area (Å²) in [6, 6.07) is 5.52. The smallest absolute Gasteiger partial charge is 0.272 e. The molecule has 7 heteroatoms. The number of hydrogen-bond acceptors (Lipinski definition) is 5. The van der Waals surface area contributed by atoms with Crippen molar-refractivity contribution in [1.29, 1.82) is 0 Å². The lowest BCUT2D eigenvalue weighted by molar-refractivity contribution is 0.0941. The van der Waals surface area contributed by atoms with Crippen molar-refractivity contribution in [2.24, 2.45) is 0 Å². The number of amides is 1.